The number of amides is 1. The number of nitrogens with zero attached hydrogens (tertiary/aromatic N) is 1. The summed E-state index contributed by atoms with van der Waals surface area (Å²) in [6.45, 7) is 3.50. The Kier molecular flexibility index (Phi) is 4.90. The summed E-state index contributed by atoms with van der Waals surface area (Å²) in [6.07, 6.45) is -4.55. The molecule has 0 aliphatic rings. The van der Waals surface area contributed by atoms with Crippen molar-refractivity contribution >= 4 is 17.5 Å². The predicted molar refractivity (Wildman–Crippen MR) is 87.0 cm³/mol. The lowest BCUT2D eigenvalue weighted by molar-refractivity contribution is -0.182. The van der Waals surface area contributed by atoms with Gasteiger partial charge >= 0.3 is 6.18 Å². The minimum atomic E-state index is -4.55. The summed E-state index contributed by atoms with van der Waals surface area (Å²) in [5, 5.41) is 2.57. The first-order chi connectivity index (χ1) is 11.0. The van der Waals surface area contributed by atoms with E-state index in [9.17, 15) is 18.0 Å². The van der Waals surface area contributed by atoms with Gasteiger partial charge < -0.3 is 5.32 Å². The van der Waals surface area contributed by atoms with Crippen LogP contribution in [0.3, 0.4) is 0 Å². The summed E-state index contributed by atoms with van der Waals surface area (Å²) in [4.78, 5) is 16.6. The van der Waals surface area contributed by atoms with Gasteiger partial charge in [0.25, 0.3) is 5.91 Å². The third-order valence-corrected chi connectivity index (χ3v) is 3.74. The number of carbonyl (C=O) groups excluding carboxylic acids is 1. The van der Waals surface area contributed by atoms with Gasteiger partial charge in [0.2, 0.25) is 0 Å². The molecule has 0 aliphatic heterocycles. The van der Waals surface area contributed by atoms with Crippen molar-refractivity contribution < 1.29 is 18.0 Å². The fourth-order valence-electron chi connectivity index (χ4n) is 2.00. The standard InChI is InChI=1S/C17H16ClF3N2O/c1-10-8-12(15(24)23-16(2,3)17(19,20)21)9-14(22-10)11-4-6-13(18)7-5-11/h4-9H,1-3H3,(H,23,24). The molecular formula is C17H16ClF3N2O. The second kappa shape index (κ2) is 6.43. The lowest BCUT2D eigenvalue weighted by Crippen LogP contribution is -2.54. The van der Waals surface area contributed by atoms with Crippen LogP contribution in [0.25, 0.3) is 11.3 Å². The molecule has 1 aromatic carbocycles. The molecule has 1 N–H and O–H groups in total. The van der Waals surface area contributed by atoms with Crippen molar-refractivity contribution in [2.75, 3.05) is 0 Å². The minimum absolute atomic E-state index is 0.116. The Morgan fingerprint density at radius 2 is 1.71 bits per heavy atom. The number of aromatic nitrogens is 1. The molecule has 7 heteroatoms. The van der Waals surface area contributed by atoms with Crippen molar-refractivity contribution in [1.82, 2.24) is 10.3 Å². The highest BCUT2D eigenvalue weighted by atomic mass is 35.5. The minimum Gasteiger partial charge on any atom is -0.338 e. The van der Waals surface area contributed by atoms with Gasteiger partial charge in [0, 0.05) is 21.8 Å². The summed E-state index contributed by atoms with van der Waals surface area (Å²) in [7, 11) is 0. The summed E-state index contributed by atoms with van der Waals surface area (Å²) in [5.74, 6) is -0.807. The van der Waals surface area contributed by atoms with Gasteiger partial charge in [-0.2, -0.15) is 13.2 Å². The number of carbonyl (C=O) groups is 1. The zero-order valence-corrected chi connectivity index (χ0v) is 14.1. The summed E-state index contributed by atoms with van der Waals surface area (Å²) < 4.78 is 38.8. The number of hydrogen-bond donors (Lipinski definition) is 1. The Hall–Kier alpha value is -2.08. The molecule has 0 fully saturated rings. The van der Waals surface area contributed by atoms with Crippen LogP contribution in [0, 0.1) is 6.92 Å². The van der Waals surface area contributed by atoms with Crippen molar-refractivity contribution in [3.63, 3.8) is 0 Å². The molecule has 0 radical (unpaired) electrons. The lowest BCUT2D eigenvalue weighted by Gasteiger charge is -2.28. The predicted octanol–water partition coefficient (Wildman–Crippen LogP) is 4.78. The van der Waals surface area contributed by atoms with Crippen LogP contribution in [0.15, 0.2) is 36.4 Å². The van der Waals surface area contributed by atoms with E-state index in [1.165, 1.54) is 12.1 Å². The Labute approximate surface area is 142 Å². The number of nitrogens with one attached hydrogen (secondary N) is 1. The number of pyridine rings is 1. The molecule has 0 saturated heterocycles. The largest absolute Gasteiger partial charge is 0.410 e. The lowest BCUT2D eigenvalue weighted by atomic mass is 10.0. The van der Waals surface area contributed by atoms with Gasteiger partial charge in [0.05, 0.1) is 5.69 Å². The molecule has 0 bridgehead atoms. The van der Waals surface area contributed by atoms with Crippen LogP contribution in [0.4, 0.5) is 13.2 Å². The van der Waals surface area contributed by atoms with Gasteiger partial charge in [0.1, 0.15) is 5.54 Å². The first kappa shape index (κ1) is 18.3. The van der Waals surface area contributed by atoms with E-state index < -0.39 is 17.6 Å². The van der Waals surface area contributed by atoms with Crippen molar-refractivity contribution in [2.24, 2.45) is 0 Å². The molecule has 3 nitrogen and oxygen atoms in total. The van der Waals surface area contributed by atoms with E-state index in [0.29, 0.717) is 22.0 Å². The second-order valence-electron chi connectivity index (χ2n) is 5.97. The molecule has 1 heterocycles. The number of rotatable bonds is 3. The van der Waals surface area contributed by atoms with Crippen molar-refractivity contribution in [1.29, 1.82) is 0 Å². The smallest absolute Gasteiger partial charge is 0.338 e. The average molecular weight is 357 g/mol. The van der Waals surface area contributed by atoms with Crippen molar-refractivity contribution in [2.45, 2.75) is 32.5 Å². The molecule has 128 valence electrons. The number of halogens is 4. The molecule has 0 atom stereocenters. The van der Waals surface area contributed by atoms with Crippen LogP contribution in [0.5, 0.6) is 0 Å². The quantitative estimate of drug-likeness (QED) is 0.859. The van der Waals surface area contributed by atoms with E-state index in [1.807, 2.05) is 5.32 Å². The second-order valence-corrected chi connectivity index (χ2v) is 6.40. The maximum Gasteiger partial charge on any atom is 0.410 e. The van der Waals surface area contributed by atoms with E-state index >= 15 is 0 Å². The molecular weight excluding hydrogens is 341 g/mol. The first-order valence-corrected chi connectivity index (χ1v) is 7.51. The normalized spacial score (nSPS) is 12.1. The zero-order chi connectivity index (χ0) is 18.1. The number of alkyl halides is 3. The molecule has 2 rings (SSSR count). The average Bonchev–Trinajstić information content (AvgIpc) is 2.45. The van der Waals surface area contributed by atoms with E-state index in [-0.39, 0.29) is 5.56 Å². The van der Waals surface area contributed by atoms with Gasteiger partial charge in [-0.15, -0.1) is 0 Å². The maximum absolute atomic E-state index is 12.9. The third-order valence-electron chi connectivity index (χ3n) is 3.49. The van der Waals surface area contributed by atoms with E-state index in [2.05, 4.69) is 4.98 Å². The van der Waals surface area contributed by atoms with E-state index in [0.717, 1.165) is 13.8 Å². The molecule has 0 aliphatic carbocycles. The highest BCUT2D eigenvalue weighted by Crippen LogP contribution is 2.30. The third kappa shape index (κ3) is 4.06. The molecule has 1 aromatic heterocycles. The van der Waals surface area contributed by atoms with Crippen molar-refractivity contribution in [3.8, 4) is 11.3 Å². The van der Waals surface area contributed by atoms with E-state index in [1.54, 1.807) is 31.2 Å². The number of benzene rings is 1. The first-order valence-electron chi connectivity index (χ1n) is 7.13. The molecule has 24 heavy (non-hydrogen) atoms. The van der Waals surface area contributed by atoms with Crippen LogP contribution >= 0.6 is 11.6 Å². The van der Waals surface area contributed by atoms with Crippen LogP contribution in [-0.2, 0) is 0 Å². The van der Waals surface area contributed by atoms with Crippen LogP contribution < -0.4 is 5.32 Å². The van der Waals surface area contributed by atoms with E-state index in [4.69, 9.17) is 11.6 Å². The Bertz CT molecular complexity index is 755. The molecule has 0 saturated carbocycles. The maximum atomic E-state index is 12.9. The Morgan fingerprint density at radius 3 is 2.25 bits per heavy atom. The number of aryl methyl sites for hydroxylation is 1. The highest BCUT2D eigenvalue weighted by Gasteiger charge is 2.48. The molecule has 1 amide bonds. The van der Waals surface area contributed by atoms with Gasteiger partial charge in [-0.05, 0) is 45.0 Å². The molecule has 0 unspecified atom stereocenters. The summed E-state index contributed by atoms with van der Waals surface area (Å²) in [6, 6.07) is 9.71. The van der Waals surface area contributed by atoms with Crippen LogP contribution in [-0.4, -0.2) is 22.6 Å². The monoisotopic (exact) mass is 356 g/mol. The molecule has 0 spiro atoms. The Balaban J connectivity index is 2.35. The van der Waals surface area contributed by atoms with Gasteiger partial charge in [-0.1, -0.05) is 23.7 Å². The van der Waals surface area contributed by atoms with Gasteiger partial charge in [-0.25, -0.2) is 0 Å². The van der Waals surface area contributed by atoms with Gasteiger partial charge in [0.15, 0.2) is 0 Å². The fourth-order valence-corrected chi connectivity index (χ4v) is 2.12. The van der Waals surface area contributed by atoms with Gasteiger partial charge in [-0.3, -0.25) is 9.78 Å². The zero-order valence-electron chi connectivity index (χ0n) is 13.3. The summed E-state index contributed by atoms with van der Waals surface area (Å²) in [5.41, 5.74) is -0.488. The Morgan fingerprint density at radius 1 is 1.12 bits per heavy atom. The molecule has 2 aromatic rings. The topological polar surface area (TPSA) is 42.0 Å². The SMILES string of the molecule is Cc1cc(C(=O)NC(C)(C)C(F)(F)F)cc(-c2ccc(Cl)cc2)n1. The van der Waals surface area contributed by atoms with Crippen LogP contribution in [0.2, 0.25) is 5.02 Å². The highest BCUT2D eigenvalue weighted by molar-refractivity contribution is 6.30. The number of hydrogen-bond acceptors (Lipinski definition) is 2. The fraction of sp³-hybridized carbons (Fsp3) is 0.294. The van der Waals surface area contributed by atoms with Crippen molar-refractivity contribution in [3.05, 3.63) is 52.7 Å². The summed E-state index contributed by atoms with van der Waals surface area (Å²) >= 11 is 5.84. The van der Waals surface area contributed by atoms with Crippen LogP contribution in [0.1, 0.15) is 29.9 Å².